The number of rotatable bonds is 5. The van der Waals surface area contributed by atoms with Crippen LogP contribution in [0.25, 0.3) is 28.2 Å². The van der Waals surface area contributed by atoms with Gasteiger partial charge in [0.2, 0.25) is 5.91 Å². The van der Waals surface area contributed by atoms with E-state index < -0.39 is 5.91 Å². The highest BCUT2D eigenvalue weighted by molar-refractivity contribution is 5.86. The minimum absolute atomic E-state index is 0.0566. The summed E-state index contributed by atoms with van der Waals surface area (Å²) in [4.78, 5) is 16.3. The molecule has 0 unspecified atom stereocenters. The summed E-state index contributed by atoms with van der Waals surface area (Å²) in [6.45, 7) is 4.18. The predicted octanol–water partition coefficient (Wildman–Crippen LogP) is 3.50. The van der Waals surface area contributed by atoms with Crippen LogP contribution in [0.4, 0.5) is 0 Å². The predicted molar refractivity (Wildman–Crippen MR) is 109 cm³/mol. The third kappa shape index (κ3) is 3.20. The first-order valence-electron chi connectivity index (χ1n) is 9.05. The number of imidazole rings is 1. The van der Waals surface area contributed by atoms with E-state index in [4.69, 9.17) is 5.73 Å². The average molecular weight is 371 g/mol. The topological polar surface area (TPSA) is 78.7 Å². The number of carbonyl (C=O) groups is 1. The minimum atomic E-state index is -0.413. The van der Waals surface area contributed by atoms with Crippen molar-refractivity contribution in [2.45, 2.75) is 20.4 Å². The first kappa shape index (κ1) is 17.7. The zero-order valence-electron chi connectivity index (χ0n) is 15.8. The number of nitrogens with zero attached hydrogens (tertiary/aromatic N) is 4. The Bertz CT molecular complexity index is 1130. The Balaban J connectivity index is 2.04. The van der Waals surface area contributed by atoms with Crippen molar-refractivity contribution < 1.29 is 4.79 Å². The van der Waals surface area contributed by atoms with Crippen LogP contribution >= 0.6 is 0 Å². The van der Waals surface area contributed by atoms with Crippen LogP contribution in [0.2, 0.25) is 0 Å². The third-order valence-electron chi connectivity index (χ3n) is 4.66. The Morgan fingerprint density at radius 3 is 2.57 bits per heavy atom. The fourth-order valence-corrected chi connectivity index (χ4v) is 3.58. The summed E-state index contributed by atoms with van der Waals surface area (Å²) in [5.41, 5.74) is 12.3. The molecule has 2 heterocycles. The van der Waals surface area contributed by atoms with E-state index in [1.807, 2.05) is 51.8 Å². The lowest BCUT2D eigenvalue weighted by Gasteiger charge is -2.17. The van der Waals surface area contributed by atoms with Crippen molar-refractivity contribution in [3.05, 3.63) is 78.4 Å². The van der Waals surface area contributed by atoms with E-state index in [9.17, 15) is 4.79 Å². The lowest BCUT2D eigenvalue weighted by Crippen LogP contribution is -2.19. The van der Waals surface area contributed by atoms with E-state index in [2.05, 4.69) is 36.1 Å². The molecule has 6 heteroatoms. The maximum atomic E-state index is 11.7. The highest BCUT2D eigenvalue weighted by Crippen LogP contribution is 2.37. The summed E-state index contributed by atoms with van der Waals surface area (Å²) in [7, 11) is 0. The van der Waals surface area contributed by atoms with Gasteiger partial charge in [0.05, 0.1) is 23.4 Å². The van der Waals surface area contributed by atoms with Crippen LogP contribution in [0.15, 0.2) is 67.3 Å². The molecule has 0 saturated heterocycles. The van der Waals surface area contributed by atoms with Crippen LogP contribution in [0.3, 0.4) is 0 Å². The van der Waals surface area contributed by atoms with Crippen molar-refractivity contribution in [1.29, 1.82) is 0 Å². The number of primary amides is 1. The molecular formula is C22H21N5O. The quantitative estimate of drug-likeness (QED) is 0.583. The Hall–Kier alpha value is -3.67. The SMILES string of the molecule is Cc1cc(C)c(-c2c(-c3ccccc3)ncn2CC(N)=O)c(-n2cccn2)c1. The van der Waals surface area contributed by atoms with Gasteiger partial charge in [-0.05, 0) is 37.1 Å². The van der Waals surface area contributed by atoms with Crippen LogP contribution < -0.4 is 5.73 Å². The minimum Gasteiger partial charge on any atom is -0.368 e. The molecule has 0 spiro atoms. The molecule has 2 aromatic heterocycles. The number of carbonyl (C=O) groups excluding carboxylic acids is 1. The van der Waals surface area contributed by atoms with Crippen molar-refractivity contribution in [2.75, 3.05) is 0 Å². The summed E-state index contributed by atoms with van der Waals surface area (Å²) in [5.74, 6) is -0.413. The van der Waals surface area contributed by atoms with Crippen molar-refractivity contribution in [1.82, 2.24) is 19.3 Å². The number of benzene rings is 2. The second-order valence-electron chi connectivity index (χ2n) is 6.83. The molecule has 0 aliphatic rings. The molecule has 6 nitrogen and oxygen atoms in total. The van der Waals surface area contributed by atoms with Gasteiger partial charge in [-0.25, -0.2) is 9.67 Å². The largest absolute Gasteiger partial charge is 0.368 e. The van der Waals surface area contributed by atoms with Crippen LogP contribution in [0.1, 0.15) is 11.1 Å². The van der Waals surface area contributed by atoms with Gasteiger partial charge in [0.25, 0.3) is 0 Å². The molecule has 4 aromatic rings. The summed E-state index contributed by atoms with van der Waals surface area (Å²) < 4.78 is 3.65. The van der Waals surface area contributed by atoms with E-state index >= 15 is 0 Å². The van der Waals surface area contributed by atoms with E-state index in [1.165, 1.54) is 0 Å². The first-order valence-corrected chi connectivity index (χ1v) is 9.05. The van der Waals surface area contributed by atoms with Gasteiger partial charge in [-0.2, -0.15) is 5.10 Å². The smallest absolute Gasteiger partial charge is 0.237 e. The summed E-state index contributed by atoms with van der Waals surface area (Å²) in [6.07, 6.45) is 5.34. The molecular weight excluding hydrogens is 350 g/mol. The second-order valence-corrected chi connectivity index (χ2v) is 6.83. The van der Waals surface area contributed by atoms with E-state index in [1.54, 1.807) is 12.5 Å². The Morgan fingerprint density at radius 1 is 1.11 bits per heavy atom. The van der Waals surface area contributed by atoms with Crippen molar-refractivity contribution >= 4 is 5.91 Å². The van der Waals surface area contributed by atoms with Gasteiger partial charge in [0, 0.05) is 23.5 Å². The molecule has 0 bridgehead atoms. The van der Waals surface area contributed by atoms with Crippen molar-refractivity contribution in [2.24, 2.45) is 5.73 Å². The van der Waals surface area contributed by atoms with Gasteiger partial charge in [-0.15, -0.1) is 0 Å². The molecule has 1 amide bonds. The molecule has 0 radical (unpaired) electrons. The molecule has 4 rings (SSSR count). The van der Waals surface area contributed by atoms with Gasteiger partial charge in [-0.1, -0.05) is 36.4 Å². The number of nitrogens with two attached hydrogens (primary N) is 1. The van der Waals surface area contributed by atoms with E-state index in [-0.39, 0.29) is 6.54 Å². The Labute approximate surface area is 163 Å². The zero-order valence-corrected chi connectivity index (χ0v) is 15.8. The highest BCUT2D eigenvalue weighted by atomic mass is 16.1. The van der Waals surface area contributed by atoms with Crippen molar-refractivity contribution in [3.63, 3.8) is 0 Å². The second kappa shape index (κ2) is 7.15. The van der Waals surface area contributed by atoms with Crippen LogP contribution in [-0.4, -0.2) is 25.2 Å². The number of hydrogen-bond acceptors (Lipinski definition) is 3. The lowest BCUT2D eigenvalue weighted by atomic mass is 9.97. The number of amides is 1. The standard InChI is InChI=1S/C22H21N5O/c1-15-11-16(2)20(18(12-15)27-10-6-9-25-27)22-21(17-7-4-3-5-8-17)24-14-26(22)13-19(23)28/h3-12,14H,13H2,1-2H3,(H2,23,28). The highest BCUT2D eigenvalue weighted by Gasteiger charge is 2.22. The monoisotopic (exact) mass is 371 g/mol. The van der Waals surface area contributed by atoms with Crippen LogP contribution in [0.5, 0.6) is 0 Å². The van der Waals surface area contributed by atoms with Crippen LogP contribution in [0, 0.1) is 13.8 Å². The van der Waals surface area contributed by atoms with Gasteiger partial charge in [0.15, 0.2) is 0 Å². The zero-order chi connectivity index (χ0) is 19.7. The Morgan fingerprint density at radius 2 is 1.89 bits per heavy atom. The van der Waals surface area contributed by atoms with Gasteiger partial charge >= 0.3 is 0 Å². The lowest BCUT2D eigenvalue weighted by molar-refractivity contribution is -0.118. The third-order valence-corrected chi connectivity index (χ3v) is 4.66. The summed E-state index contributed by atoms with van der Waals surface area (Å²) >= 11 is 0. The molecule has 0 saturated carbocycles. The molecule has 0 aliphatic heterocycles. The van der Waals surface area contributed by atoms with Gasteiger partial charge < -0.3 is 10.3 Å². The first-order chi connectivity index (χ1) is 13.5. The van der Waals surface area contributed by atoms with Gasteiger partial charge in [-0.3, -0.25) is 4.79 Å². The molecule has 0 fully saturated rings. The summed E-state index contributed by atoms with van der Waals surface area (Å²) in [5, 5.41) is 4.43. The molecule has 0 aliphatic carbocycles. The average Bonchev–Trinajstić information content (AvgIpc) is 3.32. The van der Waals surface area contributed by atoms with E-state index in [0.717, 1.165) is 39.3 Å². The maximum Gasteiger partial charge on any atom is 0.237 e. The fourth-order valence-electron chi connectivity index (χ4n) is 3.58. The molecule has 2 N–H and O–H groups in total. The van der Waals surface area contributed by atoms with Gasteiger partial charge in [0.1, 0.15) is 6.54 Å². The Kier molecular flexibility index (Phi) is 4.53. The number of aromatic nitrogens is 4. The number of aryl methyl sites for hydroxylation is 2. The molecule has 0 atom stereocenters. The summed E-state index contributed by atoms with van der Waals surface area (Å²) in [6, 6.07) is 16.0. The van der Waals surface area contributed by atoms with E-state index in [0.29, 0.717) is 0 Å². The molecule has 28 heavy (non-hydrogen) atoms. The van der Waals surface area contributed by atoms with Crippen LogP contribution in [-0.2, 0) is 11.3 Å². The molecule has 2 aromatic carbocycles. The normalized spacial score (nSPS) is 10.9. The van der Waals surface area contributed by atoms with Crippen molar-refractivity contribution in [3.8, 4) is 28.2 Å². The number of hydrogen-bond donors (Lipinski definition) is 1. The molecule has 140 valence electrons. The maximum absolute atomic E-state index is 11.7. The fraction of sp³-hybridized carbons (Fsp3) is 0.136.